The molecule has 0 saturated heterocycles. The van der Waals surface area contributed by atoms with Gasteiger partial charge in [-0.1, -0.05) is 0 Å². The van der Waals surface area contributed by atoms with E-state index < -0.39 is 17.6 Å². The number of benzene rings is 2. The van der Waals surface area contributed by atoms with Gasteiger partial charge in [0.05, 0.1) is 22.9 Å². The summed E-state index contributed by atoms with van der Waals surface area (Å²) in [5.41, 5.74) is -0.200. The van der Waals surface area contributed by atoms with Crippen molar-refractivity contribution < 1.29 is 17.6 Å². The zero-order valence-corrected chi connectivity index (χ0v) is 10.0. The first-order valence-corrected chi connectivity index (χ1v) is 5.54. The molecule has 0 heterocycles. The molecule has 0 spiro atoms. The molecule has 0 aliphatic rings. The number of nitriles is 1. The Labute approximate surface area is 112 Å². The van der Waals surface area contributed by atoms with Crippen LogP contribution in [0.2, 0.25) is 0 Å². The van der Waals surface area contributed by atoms with Crippen molar-refractivity contribution in [2.24, 2.45) is 0 Å². The van der Waals surface area contributed by atoms with E-state index >= 15 is 0 Å². The molecule has 2 nitrogen and oxygen atoms in total. The maximum Gasteiger partial charge on any atom is 0.416 e. The molecule has 20 heavy (non-hydrogen) atoms. The second-order valence-electron chi connectivity index (χ2n) is 4.01. The lowest BCUT2D eigenvalue weighted by Gasteiger charge is -2.10. The molecule has 0 atom stereocenters. The van der Waals surface area contributed by atoms with Crippen LogP contribution in [-0.4, -0.2) is 0 Å². The van der Waals surface area contributed by atoms with Gasteiger partial charge in [0.2, 0.25) is 0 Å². The normalized spacial score (nSPS) is 10.9. The minimum Gasteiger partial charge on any atom is -0.353 e. The maximum absolute atomic E-state index is 13.6. The molecule has 0 radical (unpaired) electrons. The van der Waals surface area contributed by atoms with E-state index in [9.17, 15) is 17.6 Å². The zero-order chi connectivity index (χ0) is 14.8. The molecule has 0 aromatic heterocycles. The fourth-order valence-electron chi connectivity index (χ4n) is 1.58. The average molecular weight is 280 g/mol. The molecule has 0 bridgehead atoms. The summed E-state index contributed by atoms with van der Waals surface area (Å²) >= 11 is 0. The Morgan fingerprint density at radius 2 is 1.65 bits per heavy atom. The monoisotopic (exact) mass is 280 g/mol. The van der Waals surface area contributed by atoms with E-state index in [0.29, 0.717) is 5.69 Å². The van der Waals surface area contributed by atoms with Crippen LogP contribution in [0.3, 0.4) is 0 Å². The van der Waals surface area contributed by atoms with E-state index in [1.165, 1.54) is 24.3 Å². The Kier molecular flexibility index (Phi) is 3.61. The van der Waals surface area contributed by atoms with Crippen molar-refractivity contribution >= 4 is 11.4 Å². The maximum atomic E-state index is 13.6. The van der Waals surface area contributed by atoms with Gasteiger partial charge in [-0.15, -0.1) is 0 Å². The molecule has 0 aliphatic heterocycles. The van der Waals surface area contributed by atoms with Crippen LogP contribution in [0.25, 0.3) is 0 Å². The first kappa shape index (κ1) is 13.9. The van der Waals surface area contributed by atoms with E-state index in [4.69, 9.17) is 5.26 Å². The molecule has 0 saturated carbocycles. The minimum absolute atomic E-state index is 0.0868. The van der Waals surface area contributed by atoms with Gasteiger partial charge in [0.25, 0.3) is 0 Å². The van der Waals surface area contributed by atoms with Gasteiger partial charge in [0, 0.05) is 5.69 Å². The second kappa shape index (κ2) is 5.21. The number of halogens is 4. The second-order valence-corrected chi connectivity index (χ2v) is 4.01. The van der Waals surface area contributed by atoms with Gasteiger partial charge in [-0.25, -0.2) is 4.39 Å². The average Bonchev–Trinajstić information content (AvgIpc) is 2.40. The van der Waals surface area contributed by atoms with Crippen molar-refractivity contribution in [3.05, 3.63) is 59.4 Å². The van der Waals surface area contributed by atoms with Crippen molar-refractivity contribution in [2.75, 3.05) is 5.32 Å². The van der Waals surface area contributed by atoms with Crippen LogP contribution >= 0.6 is 0 Å². The number of alkyl halides is 3. The zero-order valence-electron chi connectivity index (χ0n) is 10.0. The van der Waals surface area contributed by atoms with Gasteiger partial charge in [-0.2, -0.15) is 18.4 Å². The van der Waals surface area contributed by atoms with Crippen LogP contribution in [0.15, 0.2) is 42.5 Å². The predicted octanol–water partition coefficient (Wildman–Crippen LogP) is 4.46. The molecule has 0 aliphatic carbocycles. The summed E-state index contributed by atoms with van der Waals surface area (Å²) in [6.07, 6.45) is -4.40. The summed E-state index contributed by atoms with van der Waals surface area (Å²) in [5, 5.41) is 11.3. The highest BCUT2D eigenvalue weighted by Crippen LogP contribution is 2.30. The highest BCUT2D eigenvalue weighted by Gasteiger charge is 2.29. The lowest BCUT2D eigenvalue weighted by molar-refractivity contribution is -0.137. The molecule has 102 valence electrons. The molecule has 0 amide bonds. The molecule has 1 N–H and O–H groups in total. The van der Waals surface area contributed by atoms with Crippen LogP contribution in [-0.2, 0) is 6.18 Å². The Bertz CT molecular complexity index is 654. The van der Waals surface area contributed by atoms with Crippen molar-refractivity contribution in [2.45, 2.75) is 6.18 Å². The Hall–Kier alpha value is -2.55. The standard InChI is InChI=1S/C14H8F4N2/c15-12-7-9(8-19)1-6-13(12)20-11-4-2-10(3-5-11)14(16,17)18/h1-7,20H. The van der Waals surface area contributed by atoms with Gasteiger partial charge >= 0.3 is 6.18 Å². The number of hydrogen-bond acceptors (Lipinski definition) is 2. The van der Waals surface area contributed by atoms with Gasteiger partial charge < -0.3 is 5.32 Å². The third-order valence-electron chi connectivity index (χ3n) is 2.59. The largest absolute Gasteiger partial charge is 0.416 e. The lowest BCUT2D eigenvalue weighted by Crippen LogP contribution is -2.04. The van der Waals surface area contributed by atoms with Crippen molar-refractivity contribution in [1.29, 1.82) is 5.26 Å². The first-order valence-electron chi connectivity index (χ1n) is 5.54. The van der Waals surface area contributed by atoms with Crippen molar-refractivity contribution in [1.82, 2.24) is 0 Å². The molecular weight excluding hydrogens is 272 g/mol. The molecule has 0 fully saturated rings. The Morgan fingerprint density at radius 1 is 1.00 bits per heavy atom. The first-order chi connectivity index (χ1) is 9.40. The molecular formula is C14H8F4N2. The topological polar surface area (TPSA) is 35.8 Å². The van der Waals surface area contributed by atoms with Gasteiger partial charge in [0.15, 0.2) is 0 Å². The Balaban J connectivity index is 2.21. The summed E-state index contributed by atoms with van der Waals surface area (Å²) in [6, 6.07) is 9.83. The predicted molar refractivity (Wildman–Crippen MR) is 65.8 cm³/mol. The summed E-state index contributed by atoms with van der Waals surface area (Å²) in [7, 11) is 0. The fraction of sp³-hybridized carbons (Fsp3) is 0.0714. The SMILES string of the molecule is N#Cc1ccc(Nc2ccc(C(F)(F)F)cc2)c(F)c1. The smallest absolute Gasteiger partial charge is 0.353 e. The van der Waals surface area contributed by atoms with E-state index in [2.05, 4.69) is 5.32 Å². The van der Waals surface area contributed by atoms with E-state index in [-0.39, 0.29) is 11.3 Å². The number of anilines is 2. The molecule has 6 heteroatoms. The molecule has 2 aromatic carbocycles. The van der Waals surface area contributed by atoms with E-state index in [0.717, 1.165) is 18.2 Å². The summed E-state index contributed by atoms with van der Waals surface area (Å²) in [4.78, 5) is 0. The van der Waals surface area contributed by atoms with Crippen molar-refractivity contribution in [3.8, 4) is 6.07 Å². The molecule has 0 unspecified atom stereocenters. The van der Waals surface area contributed by atoms with Crippen LogP contribution in [0.1, 0.15) is 11.1 Å². The summed E-state index contributed by atoms with van der Waals surface area (Å²) in [5.74, 6) is -0.649. The van der Waals surface area contributed by atoms with Gasteiger partial charge in [-0.05, 0) is 42.5 Å². The van der Waals surface area contributed by atoms with Crippen molar-refractivity contribution in [3.63, 3.8) is 0 Å². The number of nitrogens with zero attached hydrogens (tertiary/aromatic N) is 1. The van der Waals surface area contributed by atoms with Crippen LogP contribution in [0, 0.1) is 17.1 Å². The molecule has 2 aromatic rings. The van der Waals surface area contributed by atoms with Crippen LogP contribution in [0.5, 0.6) is 0 Å². The number of rotatable bonds is 2. The number of nitrogens with one attached hydrogen (secondary N) is 1. The van der Waals surface area contributed by atoms with Gasteiger partial charge in [-0.3, -0.25) is 0 Å². The number of hydrogen-bond donors (Lipinski definition) is 1. The van der Waals surface area contributed by atoms with Crippen LogP contribution in [0.4, 0.5) is 28.9 Å². The van der Waals surface area contributed by atoms with E-state index in [1.807, 2.05) is 0 Å². The highest BCUT2D eigenvalue weighted by molar-refractivity contribution is 5.61. The minimum atomic E-state index is -4.40. The summed E-state index contributed by atoms with van der Waals surface area (Å²) < 4.78 is 50.7. The van der Waals surface area contributed by atoms with Crippen LogP contribution < -0.4 is 5.32 Å². The fourth-order valence-corrected chi connectivity index (χ4v) is 1.58. The quantitative estimate of drug-likeness (QED) is 0.824. The third-order valence-corrected chi connectivity index (χ3v) is 2.59. The lowest BCUT2D eigenvalue weighted by atomic mass is 10.2. The van der Waals surface area contributed by atoms with Gasteiger partial charge in [0.1, 0.15) is 5.82 Å². The van der Waals surface area contributed by atoms with E-state index in [1.54, 1.807) is 6.07 Å². The highest BCUT2D eigenvalue weighted by atomic mass is 19.4. The Morgan fingerprint density at radius 3 is 2.15 bits per heavy atom. The third kappa shape index (κ3) is 3.06. The summed E-state index contributed by atoms with van der Waals surface area (Å²) in [6.45, 7) is 0. The molecule has 2 rings (SSSR count).